The van der Waals surface area contributed by atoms with Crippen molar-refractivity contribution in [2.75, 3.05) is 6.54 Å². The van der Waals surface area contributed by atoms with Crippen molar-refractivity contribution in [2.24, 2.45) is 0 Å². The zero-order valence-electron chi connectivity index (χ0n) is 14.8. The van der Waals surface area contributed by atoms with E-state index >= 15 is 0 Å². The van der Waals surface area contributed by atoms with E-state index in [1.54, 1.807) is 48.7 Å². The number of para-hydroxylation sites is 1. The fourth-order valence-electron chi connectivity index (χ4n) is 2.94. The van der Waals surface area contributed by atoms with Gasteiger partial charge in [-0.25, -0.2) is 4.79 Å². The molecule has 2 heterocycles. The predicted molar refractivity (Wildman–Crippen MR) is 104 cm³/mol. The monoisotopic (exact) mass is 375 g/mol. The summed E-state index contributed by atoms with van der Waals surface area (Å²) in [6, 6.07) is 19.3. The van der Waals surface area contributed by atoms with Crippen molar-refractivity contribution in [1.29, 1.82) is 0 Å². The highest BCUT2D eigenvalue weighted by Crippen LogP contribution is 2.22. The van der Waals surface area contributed by atoms with Crippen molar-refractivity contribution in [3.63, 3.8) is 0 Å². The third-order valence-electron chi connectivity index (χ3n) is 4.44. The van der Waals surface area contributed by atoms with Gasteiger partial charge in [-0.15, -0.1) is 0 Å². The van der Waals surface area contributed by atoms with Gasteiger partial charge in [-0.3, -0.25) is 4.79 Å². The third kappa shape index (κ3) is 3.58. The average Bonchev–Trinajstić information content (AvgIpc) is 3.26. The van der Waals surface area contributed by atoms with Crippen LogP contribution in [-0.2, 0) is 0 Å². The number of aliphatic hydroxyl groups excluding tert-OH is 1. The van der Waals surface area contributed by atoms with Crippen LogP contribution in [0.15, 0.2) is 86.6 Å². The van der Waals surface area contributed by atoms with Crippen molar-refractivity contribution in [1.82, 2.24) is 5.32 Å². The van der Waals surface area contributed by atoms with E-state index in [4.69, 9.17) is 8.83 Å². The Morgan fingerprint density at radius 1 is 1.04 bits per heavy atom. The van der Waals surface area contributed by atoms with Gasteiger partial charge < -0.3 is 19.3 Å². The minimum absolute atomic E-state index is 0.0365. The van der Waals surface area contributed by atoms with Crippen molar-refractivity contribution in [2.45, 2.75) is 6.10 Å². The number of fused-ring (bicyclic) bond motifs is 1. The molecule has 0 fully saturated rings. The smallest absolute Gasteiger partial charge is 0.349 e. The van der Waals surface area contributed by atoms with Gasteiger partial charge in [0, 0.05) is 17.5 Å². The summed E-state index contributed by atoms with van der Waals surface area (Å²) in [5.41, 5.74) is 1.13. The molecule has 2 aromatic heterocycles. The number of aliphatic hydroxyl groups is 1. The van der Waals surface area contributed by atoms with Crippen LogP contribution in [0.3, 0.4) is 0 Å². The van der Waals surface area contributed by atoms with E-state index in [0.29, 0.717) is 16.5 Å². The topological polar surface area (TPSA) is 92.7 Å². The Labute approximate surface area is 160 Å². The number of rotatable bonds is 5. The van der Waals surface area contributed by atoms with E-state index in [9.17, 15) is 14.7 Å². The van der Waals surface area contributed by atoms with E-state index < -0.39 is 17.6 Å². The second kappa shape index (κ2) is 7.54. The lowest BCUT2D eigenvalue weighted by Gasteiger charge is -2.12. The number of hydrogen-bond acceptors (Lipinski definition) is 5. The van der Waals surface area contributed by atoms with Crippen LogP contribution in [0, 0.1) is 0 Å². The zero-order valence-corrected chi connectivity index (χ0v) is 14.8. The highest BCUT2D eigenvalue weighted by atomic mass is 16.4. The van der Waals surface area contributed by atoms with Crippen LogP contribution in [0.5, 0.6) is 0 Å². The molecule has 0 aliphatic heterocycles. The molecule has 0 unspecified atom stereocenters. The second-order valence-electron chi connectivity index (χ2n) is 6.31. The Bertz CT molecular complexity index is 1160. The van der Waals surface area contributed by atoms with Crippen molar-refractivity contribution in [3.8, 4) is 11.3 Å². The van der Waals surface area contributed by atoms with Crippen LogP contribution < -0.4 is 10.9 Å². The summed E-state index contributed by atoms with van der Waals surface area (Å²) in [5, 5.41) is 13.6. The highest BCUT2D eigenvalue weighted by molar-refractivity contribution is 5.96. The number of amides is 1. The average molecular weight is 375 g/mol. The first-order chi connectivity index (χ1) is 13.6. The molecule has 6 heteroatoms. The molecule has 4 aromatic rings. The fourth-order valence-corrected chi connectivity index (χ4v) is 2.94. The van der Waals surface area contributed by atoms with E-state index in [1.807, 2.05) is 18.2 Å². The predicted octanol–water partition coefficient (Wildman–Crippen LogP) is 3.52. The fraction of sp³-hybridized carbons (Fsp3) is 0.0909. The number of hydrogen-bond donors (Lipinski definition) is 2. The summed E-state index contributed by atoms with van der Waals surface area (Å²) >= 11 is 0. The van der Waals surface area contributed by atoms with Crippen molar-refractivity contribution in [3.05, 3.63) is 94.5 Å². The lowest BCUT2D eigenvalue weighted by molar-refractivity contribution is 0.0913. The van der Waals surface area contributed by atoms with Gasteiger partial charge in [0.15, 0.2) is 0 Å². The summed E-state index contributed by atoms with van der Waals surface area (Å²) in [4.78, 5) is 24.4. The van der Waals surface area contributed by atoms with Crippen LogP contribution in [0.2, 0.25) is 0 Å². The van der Waals surface area contributed by atoms with Gasteiger partial charge >= 0.3 is 5.63 Å². The van der Waals surface area contributed by atoms with E-state index in [2.05, 4.69) is 5.32 Å². The lowest BCUT2D eigenvalue weighted by atomic mass is 10.1. The first-order valence-electron chi connectivity index (χ1n) is 8.75. The van der Waals surface area contributed by atoms with E-state index in [1.165, 1.54) is 6.07 Å². The summed E-state index contributed by atoms with van der Waals surface area (Å²) in [5.74, 6) is 0.142. The summed E-state index contributed by atoms with van der Waals surface area (Å²) in [6.45, 7) is -0.0365. The molecule has 2 aromatic carbocycles. The summed E-state index contributed by atoms with van der Waals surface area (Å²) < 4.78 is 10.5. The number of carbonyl (C=O) groups is 1. The maximum atomic E-state index is 12.4. The molecule has 0 bridgehead atoms. The summed E-state index contributed by atoms with van der Waals surface area (Å²) in [6.07, 6.45) is 0.679. The van der Waals surface area contributed by atoms with Gasteiger partial charge in [0.1, 0.15) is 16.9 Å². The molecule has 1 amide bonds. The Hall–Kier alpha value is -3.64. The first kappa shape index (κ1) is 17.8. The van der Waals surface area contributed by atoms with Crippen LogP contribution in [-0.4, -0.2) is 17.6 Å². The third-order valence-corrected chi connectivity index (χ3v) is 4.44. The largest absolute Gasteiger partial charge is 0.464 e. The summed E-state index contributed by atoms with van der Waals surface area (Å²) in [7, 11) is 0. The molecule has 140 valence electrons. The van der Waals surface area contributed by atoms with Crippen molar-refractivity contribution >= 4 is 16.9 Å². The molecule has 0 aliphatic rings. The normalized spacial score (nSPS) is 12.0. The van der Waals surface area contributed by atoms with Gasteiger partial charge in [0.25, 0.3) is 5.91 Å². The van der Waals surface area contributed by atoms with Gasteiger partial charge in [-0.1, -0.05) is 42.5 Å². The molecule has 4 rings (SSSR count). The van der Waals surface area contributed by atoms with Crippen LogP contribution in [0.4, 0.5) is 0 Å². The molecule has 0 saturated carbocycles. The van der Waals surface area contributed by atoms with Gasteiger partial charge in [-0.2, -0.15) is 0 Å². The SMILES string of the molecule is O=C(NC[C@H](O)c1ccc(-c2ccco2)cc1)c1cc2ccccc2oc1=O. The number of benzene rings is 2. The van der Waals surface area contributed by atoms with Gasteiger partial charge in [-0.05, 0) is 29.8 Å². The van der Waals surface area contributed by atoms with Crippen LogP contribution >= 0.6 is 0 Å². The van der Waals surface area contributed by atoms with Crippen molar-refractivity contribution < 1.29 is 18.7 Å². The Balaban J connectivity index is 1.44. The maximum absolute atomic E-state index is 12.4. The lowest BCUT2D eigenvalue weighted by Crippen LogP contribution is -2.31. The number of carbonyl (C=O) groups excluding carboxylic acids is 1. The Morgan fingerprint density at radius 3 is 2.57 bits per heavy atom. The van der Waals surface area contributed by atoms with E-state index in [-0.39, 0.29) is 12.1 Å². The minimum Gasteiger partial charge on any atom is -0.464 e. The molecule has 6 nitrogen and oxygen atoms in total. The maximum Gasteiger partial charge on any atom is 0.349 e. The van der Waals surface area contributed by atoms with Crippen LogP contribution in [0.1, 0.15) is 22.0 Å². The van der Waals surface area contributed by atoms with E-state index in [0.717, 1.165) is 11.3 Å². The van der Waals surface area contributed by atoms with Gasteiger partial charge in [0.05, 0.1) is 12.4 Å². The molecular formula is C22H17NO5. The van der Waals surface area contributed by atoms with Crippen LogP contribution in [0.25, 0.3) is 22.3 Å². The molecule has 28 heavy (non-hydrogen) atoms. The molecule has 0 spiro atoms. The minimum atomic E-state index is -0.915. The standard InChI is InChI=1S/C22H17NO5/c24-18(14-7-9-15(10-8-14)19-6-3-11-27-19)13-23-21(25)17-12-16-4-1-2-5-20(16)28-22(17)26/h1-12,18,24H,13H2,(H,23,25)/t18-/m0/s1. The Kier molecular flexibility index (Phi) is 4.78. The zero-order chi connectivity index (χ0) is 19.5. The molecular weight excluding hydrogens is 358 g/mol. The molecule has 0 aliphatic carbocycles. The Morgan fingerprint density at radius 2 is 1.82 bits per heavy atom. The second-order valence-corrected chi connectivity index (χ2v) is 6.31. The van der Waals surface area contributed by atoms with Gasteiger partial charge in [0.2, 0.25) is 0 Å². The molecule has 2 N–H and O–H groups in total. The number of nitrogens with one attached hydrogen (secondary N) is 1. The first-order valence-corrected chi connectivity index (χ1v) is 8.75. The molecule has 0 saturated heterocycles. The molecule has 0 radical (unpaired) electrons. The quantitative estimate of drug-likeness (QED) is 0.521. The number of furan rings is 1. The highest BCUT2D eigenvalue weighted by Gasteiger charge is 2.16. The molecule has 1 atom stereocenters.